The molecule has 1 aliphatic carbocycles. The third kappa shape index (κ3) is 4.37. The van der Waals surface area contributed by atoms with Crippen LogP contribution in [0.3, 0.4) is 0 Å². The fraction of sp³-hybridized carbons (Fsp3) is 0.467. The van der Waals surface area contributed by atoms with Crippen LogP contribution in [0, 0.1) is 0 Å². The standard InChI is InChI=1S/C15H21N3O3/c16-14(17-20)10-18(12-6-4-5-7-12)15(19)11-21-13-8-2-1-3-9-13/h1-3,8-9,12,20H,4-7,10-11H2,(H2,16,17). The number of nitrogens with two attached hydrogens (primary N) is 1. The number of carbonyl (C=O) groups is 1. The van der Waals surface area contributed by atoms with Gasteiger partial charge in [0.05, 0.1) is 6.54 Å². The van der Waals surface area contributed by atoms with Gasteiger partial charge in [0.15, 0.2) is 12.4 Å². The van der Waals surface area contributed by atoms with Crippen LogP contribution in [-0.4, -0.2) is 41.0 Å². The number of hydrogen-bond acceptors (Lipinski definition) is 4. The van der Waals surface area contributed by atoms with Crippen molar-refractivity contribution in [3.63, 3.8) is 0 Å². The fourth-order valence-corrected chi connectivity index (χ4v) is 2.59. The number of ether oxygens (including phenoxy) is 1. The van der Waals surface area contributed by atoms with E-state index in [-0.39, 0.29) is 30.9 Å². The maximum atomic E-state index is 12.4. The van der Waals surface area contributed by atoms with Crippen molar-refractivity contribution in [3.8, 4) is 5.75 Å². The van der Waals surface area contributed by atoms with Crippen LogP contribution in [0.15, 0.2) is 35.5 Å². The number of para-hydroxylation sites is 1. The molecule has 6 heteroatoms. The first-order valence-corrected chi connectivity index (χ1v) is 7.14. The van der Waals surface area contributed by atoms with Gasteiger partial charge in [0.1, 0.15) is 5.75 Å². The summed E-state index contributed by atoms with van der Waals surface area (Å²) in [4.78, 5) is 14.0. The Labute approximate surface area is 124 Å². The van der Waals surface area contributed by atoms with Crippen molar-refractivity contribution in [2.75, 3.05) is 13.2 Å². The maximum absolute atomic E-state index is 12.4. The van der Waals surface area contributed by atoms with E-state index >= 15 is 0 Å². The minimum absolute atomic E-state index is 0.0370. The van der Waals surface area contributed by atoms with Gasteiger partial charge in [-0.25, -0.2) is 0 Å². The summed E-state index contributed by atoms with van der Waals surface area (Å²) in [5.41, 5.74) is 5.55. The zero-order chi connectivity index (χ0) is 15.1. The van der Waals surface area contributed by atoms with Crippen LogP contribution < -0.4 is 10.5 Å². The zero-order valence-corrected chi connectivity index (χ0v) is 11.9. The van der Waals surface area contributed by atoms with E-state index in [4.69, 9.17) is 15.7 Å². The van der Waals surface area contributed by atoms with Gasteiger partial charge in [0.25, 0.3) is 5.91 Å². The second-order valence-corrected chi connectivity index (χ2v) is 5.15. The van der Waals surface area contributed by atoms with E-state index in [0.717, 1.165) is 25.7 Å². The lowest BCUT2D eigenvalue weighted by Crippen LogP contribution is -2.46. The van der Waals surface area contributed by atoms with Gasteiger partial charge in [-0.1, -0.05) is 36.2 Å². The summed E-state index contributed by atoms with van der Waals surface area (Å²) in [7, 11) is 0. The van der Waals surface area contributed by atoms with Crippen molar-refractivity contribution in [2.45, 2.75) is 31.7 Å². The summed E-state index contributed by atoms with van der Waals surface area (Å²) >= 11 is 0. The molecule has 3 N–H and O–H groups in total. The van der Waals surface area contributed by atoms with Gasteiger partial charge in [0.2, 0.25) is 0 Å². The van der Waals surface area contributed by atoms with Crippen LogP contribution in [0.1, 0.15) is 25.7 Å². The van der Waals surface area contributed by atoms with Gasteiger partial charge >= 0.3 is 0 Å². The predicted molar refractivity (Wildman–Crippen MR) is 79.3 cm³/mol. The van der Waals surface area contributed by atoms with Gasteiger partial charge in [-0.05, 0) is 25.0 Å². The molecule has 0 radical (unpaired) electrons. The normalized spacial score (nSPS) is 15.9. The molecule has 0 atom stereocenters. The Bertz CT molecular complexity index is 484. The molecule has 2 rings (SSSR count). The van der Waals surface area contributed by atoms with Crippen LogP contribution in [0.5, 0.6) is 5.75 Å². The van der Waals surface area contributed by atoms with Crippen molar-refractivity contribution in [1.29, 1.82) is 0 Å². The summed E-state index contributed by atoms with van der Waals surface area (Å²) < 4.78 is 5.49. The number of amides is 1. The number of carbonyl (C=O) groups excluding carboxylic acids is 1. The van der Waals surface area contributed by atoms with Crippen LogP contribution in [-0.2, 0) is 4.79 Å². The van der Waals surface area contributed by atoms with E-state index in [1.165, 1.54) is 0 Å². The molecule has 0 bridgehead atoms. The molecule has 1 fully saturated rings. The molecule has 0 aliphatic heterocycles. The first-order valence-electron chi connectivity index (χ1n) is 7.14. The number of oxime groups is 1. The Morgan fingerprint density at radius 2 is 2.00 bits per heavy atom. The smallest absolute Gasteiger partial charge is 0.261 e. The minimum Gasteiger partial charge on any atom is -0.484 e. The molecule has 6 nitrogen and oxygen atoms in total. The molecular formula is C15H21N3O3. The molecule has 1 aromatic rings. The molecule has 21 heavy (non-hydrogen) atoms. The van der Waals surface area contributed by atoms with Crippen molar-refractivity contribution < 1.29 is 14.7 Å². The van der Waals surface area contributed by atoms with Crippen molar-refractivity contribution >= 4 is 11.7 Å². The van der Waals surface area contributed by atoms with E-state index in [0.29, 0.717) is 5.75 Å². The van der Waals surface area contributed by atoms with Crippen LogP contribution in [0.4, 0.5) is 0 Å². The van der Waals surface area contributed by atoms with Gasteiger partial charge in [-0.3, -0.25) is 4.79 Å². The first kappa shape index (κ1) is 15.2. The topological polar surface area (TPSA) is 88.2 Å². The highest BCUT2D eigenvalue weighted by atomic mass is 16.5. The summed E-state index contributed by atoms with van der Waals surface area (Å²) in [6.45, 7) is 0.0946. The highest BCUT2D eigenvalue weighted by Gasteiger charge is 2.27. The predicted octanol–water partition coefficient (Wildman–Crippen LogP) is 1.58. The van der Waals surface area contributed by atoms with Crippen LogP contribution in [0.2, 0.25) is 0 Å². The molecule has 0 saturated heterocycles. The van der Waals surface area contributed by atoms with Gasteiger partial charge < -0.3 is 20.6 Å². The third-order valence-electron chi connectivity index (χ3n) is 3.65. The quantitative estimate of drug-likeness (QED) is 0.360. The van der Waals surface area contributed by atoms with E-state index in [1.54, 1.807) is 17.0 Å². The molecule has 1 aliphatic rings. The maximum Gasteiger partial charge on any atom is 0.261 e. The summed E-state index contributed by atoms with van der Waals surface area (Å²) in [6, 6.07) is 9.35. The van der Waals surface area contributed by atoms with E-state index < -0.39 is 0 Å². The Kier molecular flexibility index (Phi) is 5.43. The van der Waals surface area contributed by atoms with Crippen LogP contribution in [0.25, 0.3) is 0 Å². The van der Waals surface area contributed by atoms with E-state index in [1.807, 2.05) is 18.2 Å². The lowest BCUT2D eigenvalue weighted by atomic mass is 10.2. The molecular weight excluding hydrogens is 270 g/mol. The van der Waals surface area contributed by atoms with E-state index in [2.05, 4.69) is 5.16 Å². The second kappa shape index (κ2) is 7.52. The average Bonchev–Trinajstić information content (AvgIpc) is 3.05. The third-order valence-corrected chi connectivity index (χ3v) is 3.65. The monoisotopic (exact) mass is 291 g/mol. The molecule has 0 aromatic heterocycles. The first-order chi connectivity index (χ1) is 10.2. The molecule has 1 amide bonds. The van der Waals surface area contributed by atoms with Gasteiger partial charge in [-0.2, -0.15) is 0 Å². The van der Waals surface area contributed by atoms with Crippen molar-refractivity contribution in [1.82, 2.24) is 4.90 Å². The van der Waals surface area contributed by atoms with Crippen molar-refractivity contribution in [2.24, 2.45) is 10.9 Å². The fourth-order valence-electron chi connectivity index (χ4n) is 2.59. The summed E-state index contributed by atoms with van der Waals surface area (Å²) in [5.74, 6) is 0.549. The van der Waals surface area contributed by atoms with Crippen molar-refractivity contribution in [3.05, 3.63) is 30.3 Å². The zero-order valence-electron chi connectivity index (χ0n) is 11.9. The summed E-state index contributed by atoms with van der Waals surface area (Å²) in [6.07, 6.45) is 4.11. The Morgan fingerprint density at radius 1 is 1.33 bits per heavy atom. The Morgan fingerprint density at radius 3 is 2.62 bits per heavy atom. The number of rotatable bonds is 6. The average molecular weight is 291 g/mol. The van der Waals surface area contributed by atoms with E-state index in [9.17, 15) is 4.79 Å². The lowest BCUT2D eigenvalue weighted by Gasteiger charge is -2.28. The highest BCUT2D eigenvalue weighted by molar-refractivity contribution is 5.87. The number of benzene rings is 1. The van der Waals surface area contributed by atoms with Gasteiger partial charge in [0, 0.05) is 6.04 Å². The lowest BCUT2D eigenvalue weighted by molar-refractivity contribution is -0.134. The molecule has 0 heterocycles. The molecule has 114 valence electrons. The van der Waals surface area contributed by atoms with Crippen LogP contribution >= 0.6 is 0 Å². The molecule has 1 aromatic carbocycles. The number of nitrogens with zero attached hydrogens (tertiary/aromatic N) is 2. The number of hydrogen-bond donors (Lipinski definition) is 2. The molecule has 0 spiro atoms. The molecule has 0 unspecified atom stereocenters. The SMILES string of the molecule is NC(CN(C(=O)COc1ccccc1)C1CCCC1)=NO. The van der Waals surface area contributed by atoms with Gasteiger partial charge in [-0.15, -0.1) is 0 Å². The number of amidine groups is 1. The highest BCUT2D eigenvalue weighted by Crippen LogP contribution is 2.23. The minimum atomic E-state index is -0.141. The Balaban J connectivity index is 1.96. The largest absolute Gasteiger partial charge is 0.484 e. The second-order valence-electron chi connectivity index (χ2n) is 5.15. The Hall–Kier alpha value is -2.24. The summed E-state index contributed by atoms with van der Waals surface area (Å²) in [5, 5.41) is 11.7. The molecule has 1 saturated carbocycles.